The predicted molar refractivity (Wildman–Crippen MR) is 46.1 cm³/mol. The summed E-state index contributed by atoms with van der Waals surface area (Å²) < 4.78 is 5.30. The normalized spacial score (nSPS) is 14.7. The number of para-hydroxylation sites is 2. The molecule has 10 heavy (non-hydrogen) atoms. The zero-order chi connectivity index (χ0) is 6.97. The van der Waals surface area contributed by atoms with E-state index in [0.717, 1.165) is 0 Å². The Bertz CT molecular complexity index is 249. The maximum absolute atomic E-state index is 3.19. The summed E-state index contributed by atoms with van der Waals surface area (Å²) in [6, 6.07) is 8.25. The summed E-state index contributed by atoms with van der Waals surface area (Å²) in [6.07, 6.45) is 0. The number of hydrogen-bond acceptors (Lipinski definition) is 3. The molecule has 1 N–H and O–H groups in total. The van der Waals surface area contributed by atoms with Crippen LogP contribution in [0.4, 0.5) is 11.4 Å². The molecule has 0 spiro atoms. The van der Waals surface area contributed by atoms with Gasteiger partial charge in [0.1, 0.15) is 0 Å². The second-order valence-electron chi connectivity index (χ2n) is 2.21. The van der Waals surface area contributed by atoms with E-state index in [1.807, 2.05) is 19.2 Å². The first kappa shape index (κ1) is 5.92. The van der Waals surface area contributed by atoms with E-state index in [1.54, 1.807) is 12.1 Å². The third-order valence-corrected chi connectivity index (χ3v) is 2.32. The van der Waals surface area contributed by atoms with Gasteiger partial charge in [-0.2, -0.15) is 0 Å². The first-order valence-corrected chi connectivity index (χ1v) is 3.91. The van der Waals surface area contributed by atoms with Crippen molar-refractivity contribution in [2.24, 2.45) is 0 Å². The molecule has 0 saturated heterocycles. The van der Waals surface area contributed by atoms with Crippen LogP contribution < -0.4 is 9.03 Å². The molecular formula is C7H8N2S. The van der Waals surface area contributed by atoms with E-state index in [9.17, 15) is 0 Å². The lowest BCUT2D eigenvalue weighted by Gasteiger charge is -2.05. The molecule has 2 rings (SSSR count). The maximum atomic E-state index is 3.19. The van der Waals surface area contributed by atoms with Crippen molar-refractivity contribution < 1.29 is 0 Å². The van der Waals surface area contributed by atoms with E-state index in [2.05, 4.69) is 21.2 Å². The Labute approximate surface area is 64.5 Å². The lowest BCUT2D eigenvalue weighted by molar-refractivity contribution is 1.39. The Morgan fingerprint density at radius 3 is 3.00 bits per heavy atom. The highest BCUT2D eigenvalue weighted by atomic mass is 32.2. The quantitative estimate of drug-likeness (QED) is 0.573. The van der Waals surface area contributed by atoms with Gasteiger partial charge in [-0.15, -0.1) is 0 Å². The number of hydrogen-bond donors (Lipinski definition) is 1. The van der Waals surface area contributed by atoms with Gasteiger partial charge in [0, 0.05) is 7.05 Å². The number of rotatable bonds is 0. The van der Waals surface area contributed by atoms with Gasteiger partial charge in [0.05, 0.1) is 23.5 Å². The van der Waals surface area contributed by atoms with Gasteiger partial charge >= 0.3 is 0 Å². The number of benzene rings is 1. The molecule has 52 valence electrons. The Balaban J connectivity index is 2.51. The second kappa shape index (κ2) is 2.09. The second-order valence-corrected chi connectivity index (χ2v) is 3.14. The average Bonchev–Trinajstić information content (AvgIpc) is 2.34. The van der Waals surface area contributed by atoms with E-state index in [4.69, 9.17) is 0 Å². The Kier molecular flexibility index (Phi) is 1.24. The first-order valence-electron chi connectivity index (χ1n) is 3.13. The monoisotopic (exact) mass is 152 g/mol. The smallest absolute Gasteiger partial charge is 0.0723 e. The fraction of sp³-hybridized carbons (Fsp3) is 0.143. The highest BCUT2D eigenvalue weighted by Gasteiger charge is 2.13. The molecule has 1 aromatic carbocycles. The third-order valence-electron chi connectivity index (χ3n) is 1.54. The topological polar surface area (TPSA) is 15.3 Å². The van der Waals surface area contributed by atoms with Gasteiger partial charge in [0.15, 0.2) is 0 Å². The molecule has 1 aromatic rings. The molecule has 0 radical (unpaired) electrons. The van der Waals surface area contributed by atoms with Crippen LogP contribution >= 0.6 is 12.1 Å². The summed E-state index contributed by atoms with van der Waals surface area (Å²) >= 11 is 1.61. The summed E-state index contributed by atoms with van der Waals surface area (Å²) in [6.45, 7) is 0. The minimum atomic E-state index is 1.20. The molecule has 0 bridgehead atoms. The minimum Gasteiger partial charge on any atom is -0.310 e. The SMILES string of the molecule is CN1SNc2ccccc21. The highest BCUT2D eigenvalue weighted by molar-refractivity contribution is 8.02. The summed E-state index contributed by atoms with van der Waals surface area (Å²) in [5.74, 6) is 0. The minimum absolute atomic E-state index is 1.20. The van der Waals surface area contributed by atoms with Crippen molar-refractivity contribution >= 4 is 23.5 Å². The van der Waals surface area contributed by atoms with Crippen molar-refractivity contribution in [1.82, 2.24) is 0 Å². The van der Waals surface area contributed by atoms with Crippen molar-refractivity contribution in [2.75, 3.05) is 16.1 Å². The first-order chi connectivity index (χ1) is 4.88. The average molecular weight is 152 g/mol. The van der Waals surface area contributed by atoms with E-state index in [1.165, 1.54) is 11.4 Å². The van der Waals surface area contributed by atoms with Gasteiger partial charge in [0.25, 0.3) is 0 Å². The zero-order valence-electron chi connectivity index (χ0n) is 5.66. The van der Waals surface area contributed by atoms with Gasteiger partial charge in [-0.05, 0) is 12.1 Å². The third kappa shape index (κ3) is 0.743. The number of nitrogens with zero attached hydrogens (tertiary/aromatic N) is 1. The molecular weight excluding hydrogens is 144 g/mol. The molecule has 0 fully saturated rings. The van der Waals surface area contributed by atoms with E-state index >= 15 is 0 Å². The molecule has 0 aromatic heterocycles. The van der Waals surface area contributed by atoms with Crippen LogP contribution in [-0.2, 0) is 0 Å². The van der Waals surface area contributed by atoms with Crippen LogP contribution in [0.15, 0.2) is 24.3 Å². The van der Waals surface area contributed by atoms with Crippen molar-refractivity contribution in [3.8, 4) is 0 Å². The summed E-state index contributed by atoms with van der Waals surface area (Å²) in [5.41, 5.74) is 2.46. The van der Waals surface area contributed by atoms with Crippen molar-refractivity contribution in [3.05, 3.63) is 24.3 Å². The van der Waals surface area contributed by atoms with Gasteiger partial charge in [-0.3, -0.25) is 4.31 Å². The van der Waals surface area contributed by atoms with Crippen LogP contribution in [0.2, 0.25) is 0 Å². The summed E-state index contributed by atoms with van der Waals surface area (Å²) in [4.78, 5) is 0. The van der Waals surface area contributed by atoms with Crippen LogP contribution in [0.25, 0.3) is 0 Å². The van der Waals surface area contributed by atoms with Crippen molar-refractivity contribution in [2.45, 2.75) is 0 Å². The number of fused-ring (bicyclic) bond motifs is 1. The largest absolute Gasteiger partial charge is 0.310 e. The van der Waals surface area contributed by atoms with Gasteiger partial charge in [0.2, 0.25) is 0 Å². The van der Waals surface area contributed by atoms with Gasteiger partial charge < -0.3 is 4.72 Å². The summed E-state index contributed by atoms with van der Waals surface area (Å²) in [5, 5.41) is 0. The molecule has 2 nitrogen and oxygen atoms in total. The standard InChI is InChI=1S/C7H8N2S/c1-9-7-5-3-2-4-6(7)8-10-9/h2-5,8H,1H3. The molecule has 1 aliphatic heterocycles. The lowest BCUT2D eigenvalue weighted by atomic mass is 10.3. The fourth-order valence-corrected chi connectivity index (χ4v) is 1.67. The lowest BCUT2D eigenvalue weighted by Crippen LogP contribution is -2.00. The predicted octanol–water partition coefficient (Wildman–Crippen LogP) is 2.11. The molecule has 0 atom stereocenters. The Morgan fingerprint density at radius 1 is 1.40 bits per heavy atom. The van der Waals surface area contributed by atoms with E-state index in [0.29, 0.717) is 0 Å². The van der Waals surface area contributed by atoms with Crippen LogP contribution in [0.1, 0.15) is 0 Å². The van der Waals surface area contributed by atoms with Crippen LogP contribution in [-0.4, -0.2) is 7.05 Å². The van der Waals surface area contributed by atoms with Crippen LogP contribution in [0.3, 0.4) is 0 Å². The summed E-state index contributed by atoms with van der Waals surface area (Å²) in [7, 11) is 2.05. The fourth-order valence-electron chi connectivity index (χ4n) is 1.00. The Morgan fingerprint density at radius 2 is 2.20 bits per heavy atom. The zero-order valence-corrected chi connectivity index (χ0v) is 6.48. The van der Waals surface area contributed by atoms with Crippen molar-refractivity contribution in [3.63, 3.8) is 0 Å². The van der Waals surface area contributed by atoms with Crippen LogP contribution in [0, 0.1) is 0 Å². The van der Waals surface area contributed by atoms with E-state index in [-0.39, 0.29) is 0 Å². The molecule has 1 heterocycles. The molecule has 3 heteroatoms. The van der Waals surface area contributed by atoms with Crippen molar-refractivity contribution in [1.29, 1.82) is 0 Å². The molecule has 0 aliphatic carbocycles. The maximum Gasteiger partial charge on any atom is 0.0723 e. The number of nitrogens with one attached hydrogen (secondary N) is 1. The van der Waals surface area contributed by atoms with E-state index < -0.39 is 0 Å². The number of anilines is 2. The van der Waals surface area contributed by atoms with Crippen LogP contribution in [0.5, 0.6) is 0 Å². The molecule has 0 unspecified atom stereocenters. The molecule has 1 aliphatic rings. The highest BCUT2D eigenvalue weighted by Crippen LogP contribution is 2.36. The van der Waals surface area contributed by atoms with Gasteiger partial charge in [-0.25, -0.2) is 0 Å². The molecule has 0 saturated carbocycles. The van der Waals surface area contributed by atoms with Gasteiger partial charge in [-0.1, -0.05) is 12.1 Å². The Hall–Kier alpha value is -0.830. The molecule has 0 amide bonds.